The molecule has 0 aromatic heterocycles. The van der Waals surface area contributed by atoms with Gasteiger partial charge in [-0.1, -0.05) is 24.3 Å². The van der Waals surface area contributed by atoms with Gasteiger partial charge in [-0.05, 0) is 63.0 Å². The Kier molecular flexibility index (Phi) is 5.32. The van der Waals surface area contributed by atoms with Gasteiger partial charge in [0.2, 0.25) is 0 Å². The Hall–Kier alpha value is -1.62. The molecule has 3 rings (SSSR count). The van der Waals surface area contributed by atoms with Crippen LogP contribution in [0, 0.1) is 5.92 Å². The summed E-state index contributed by atoms with van der Waals surface area (Å²) in [6.07, 6.45) is 4.60. The van der Waals surface area contributed by atoms with Crippen molar-refractivity contribution in [3.05, 3.63) is 35.4 Å². The second-order valence-electron chi connectivity index (χ2n) is 8.02. The number of benzene rings is 1. The molecule has 5 heteroatoms. The molecular formula is C20H29FN2O2. The van der Waals surface area contributed by atoms with E-state index in [0.29, 0.717) is 18.9 Å². The Morgan fingerprint density at radius 2 is 1.84 bits per heavy atom. The Morgan fingerprint density at radius 3 is 2.36 bits per heavy atom. The Morgan fingerprint density at radius 1 is 1.24 bits per heavy atom. The van der Waals surface area contributed by atoms with Crippen LogP contribution in [0.3, 0.4) is 0 Å². The summed E-state index contributed by atoms with van der Waals surface area (Å²) in [4.78, 5) is 14.6. The van der Waals surface area contributed by atoms with E-state index in [1.807, 2.05) is 29.2 Å². The number of piperidine rings is 1. The number of amides is 2. The number of fused-ring (bicyclic) bond motifs is 2. The third-order valence-corrected chi connectivity index (χ3v) is 5.69. The van der Waals surface area contributed by atoms with Crippen LogP contribution in [0.25, 0.3) is 0 Å². The first-order valence-corrected chi connectivity index (χ1v) is 9.32. The molecule has 2 saturated heterocycles. The van der Waals surface area contributed by atoms with Crippen LogP contribution in [0.2, 0.25) is 0 Å². The molecule has 2 unspecified atom stereocenters. The molecule has 1 aromatic carbocycles. The normalized spacial score (nSPS) is 25.9. The molecule has 2 aliphatic heterocycles. The summed E-state index contributed by atoms with van der Waals surface area (Å²) in [5.41, 5.74) is 1.02. The Bertz CT molecular complexity index is 583. The zero-order chi connectivity index (χ0) is 18.0. The fourth-order valence-corrected chi connectivity index (χ4v) is 4.31. The van der Waals surface area contributed by atoms with Crippen LogP contribution in [0.5, 0.6) is 0 Å². The fourth-order valence-electron chi connectivity index (χ4n) is 4.31. The molecule has 0 spiro atoms. The second kappa shape index (κ2) is 7.32. The van der Waals surface area contributed by atoms with Gasteiger partial charge in [0.1, 0.15) is 0 Å². The average Bonchev–Trinajstić information content (AvgIpc) is 2.83. The van der Waals surface area contributed by atoms with Crippen molar-refractivity contribution in [2.24, 2.45) is 5.92 Å². The molecule has 2 heterocycles. The minimum atomic E-state index is -0.856. The van der Waals surface area contributed by atoms with Gasteiger partial charge in [0.15, 0.2) is 0 Å². The van der Waals surface area contributed by atoms with Crippen molar-refractivity contribution >= 4 is 6.03 Å². The second-order valence-corrected chi connectivity index (χ2v) is 8.02. The fraction of sp³-hybridized carbons (Fsp3) is 0.650. The number of carbonyl (C=O) groups is 1. The predicted octanol–water partition coefficient (Wildman–Crippen LogP) is 3.73. The number of hydrogen-bond donors (Lipinski definition) is 2. The molecule has 2 amide bonds. The molecule has 2 fully saturated rings. The van der Waals surface area contributed by atoms with Crippen LogP contribution in [0.4, 0.5) is 9.18 Å². The summed E-state index contributed by atoms with van der Waals surface area (Å²) in [5.74, 6) is 0.431. The maximum absolute atomic E-state index is 12.6. The van der Waals surface area contributed by atoms with Crippen LogP contribution < -0.4 is 5.32 Å². The lowest BCUT2D eigenvalue weighted by Gasteiger charge is -2.38. The lowest BCUT2D eigenvalue weighted by atomic mass is 9.89. The average molecular weight is 348 g/mol. The molecule has 1 aromatic rings. The lowest BCUT2D eigenvalue weighted by Crippen LogP contribution is -2.50. The number of carbonyl (C=O) groups excluding carboxylic acids is 1. The van der Waals surface area contributed by atoms with Crippen molar-refractivity contribution in [1.82, 2.24) is 10.2 Å². The zero-order valence-corrected chi connectivity index (χ0v) is 15.2. The van der Waals surface area contributed by atoms with E-state index in [9.17, 15) is 14.3 Å². The summed E-state index contributed by atoms with van der Waals surface area (Å²) in [5, 5.41) is 13.0. The molecule has 25 heavy (non-hydrogen) atoms. The largest absolute Gasteiger partial charge is 0.386 e. The Labute approximate surface area is 149 Å². The van der Waals surface area contributed by atoms with Gasteiger partial charge >= 0.3 is 6.03 Å². The number of halogens is 1. The molecule has 0 saturated carbocycles. The summed E-state index contributed by atoms with van der Waals surface area (Å²) >= 11 is 0. The first-order valence-electron chi connectivity index (χ1n) is 9.32. The standard InChI is InChI=1S/C20H29FN2O2/c1-20(2,25)16-5-3-14(4-6-16)13-22-19(24)23-17-7-8-18(23)12-15(11-17)9-10-21/h3-6,15,17-18,25H,7-13H2,1-2H3,(H,22,24). The van der Waals surface area contributed by atoms with Crippen molar-refractivity contribution < 1.29 is 14.3 Å². The summed E-state index contributed by atoms with van der Waals surface area (Å²) < 4.78 is 12.6. The van der Waals surface area contributed by atoms with Gasteiger partial charge in [-0.15, -0.1) is 0 Å². The SMILES string of the molecule is CC(C)(O)c1ccc(CNC(=O)N2C3CCC2CC(CCF)C3)cc1. The summed E-state index contributed by atoms with van der Waals surface area (Å²) in [6, 6.07) is 8.21. The highest BCUT2D eigenvalue weighted by Crippen LogP contribution is 2.39. The third kappa shape index (κ3) is 4.14. The van der Waals surface area contributed by atoms with E-state index in [1.165, 1.54) is 0 Å². The van der Waals surface area contributed by atoms with Crippen molar-refractivity contribution in [2.75, 3.05) is 6.67 Å². The van der Waals surface area contributed by atoms with E-state index in [1.54, 1.807) is 13.8 Å². The van der Waals surface area contributed by atoms with Gasteiger partial charge in [0.25, 0.3) is 0 Å². The van der Waals surface area contributed by atoms with Crippen molar-refractivity contribution in [3.63, 3.8) is 0 Å². The number of nitrogens with zero attached hydrogens (tertiary/aromatic N) is 1. The molecule has 138 valence electrons. The first kappa shape index (κ1) is 18.2. The smallest absolute Gasteiger partial charge is 0.318 e. The molecule has 2 aliphatic rings. The van der Waals surface area contributed by atoms with Crippen molar-refractivity contribution in [1.29, 1.82) is 0 Å². The highest BCUT2D eigenvalue weighted by Gasteiger charge is 2.42. The van der Waals surface area contributed by atoms with Gasteiger partial charge in [0, 0.05) is 18.6 Å². The van der Waals surface area contributed by atoms with E-state index >= 15 is 0 Å². The quantitative estimate of drug-likeness (QED) is 0.852. The van der Waals surface area contributed by atoms with Gasteiger partial charge in [-0.25, -0.2) is 4.79 Å². The van der Waals surface area contributed by atoms with Crippen molar-refractivity contribution in [2.45, 2.75) is 70.2 Å². The van der Waals surface area contributed by atoms with Crippen LogP contribution in [0.1, 0.15) is 57.1 Å². The van der Waals surface area contributed by atoms with E-state index < -0.39 is 5.60 Å². The number of hydrogen-bond acceptors (Lipinski definition) is 2. The highest BCUT2D eigenvalue weighted by molar-refractivity contribution is 5.75. The summed E-state index contributed by atoms with van der Waals surface area (Å²) in [6.45, 7) is 3.74. The van der Waals surface area contributed by atoms with E-state index in [0.717, 1.165) is 36.8 Å². The monoisotopic (exact) mass is 348 g/mol. The molecule has 2 atom stereocenters. The number of aliphatic hydroxyl groups is 1. The third-order valence-electron chi connectivity index (χ3n) is 5.69. The predicted molar refractivity (Wildman–Crippen MR) is 95.9 cm³/mol. The van der Waals surface area contributed by atoms with Crippen LogP contribution >= 0.6 is 0 Å². The summed E-state index contributed by atoms with van der Waals surface area (Å²) in [7, 11) is 0. The van der Waals surface area contributed by atoms with Gasteiger partial charge in [-0.3, -0.25) is 4.39 Å². The molecule has 2 bridgehead atoms. The minimum Gasteiger partial charge on any atom is -0.386 e. The molecule has 0 aliphatic carbocycles. The van der Waals surface area contributed by atoms with Crippen LogP contribution in [-0.4, -0.2) is 34.8 Å². The van der Waals surface area contributed by atoms with Crippen LogP contribution in [-0.2, 0) is 12.1 Å². The lowest BCUT2D eigenvalue weighted by molar-refractivity contribution is 0.0785. The number of rotatable bonds is 5. The number of urea groups is 1. The molecule has 0 radical (unpaired) electrons. The highest BCUT2D eigenvalue weighted by atomic mass is 19.1. The molecule has 2 N–H and O–H groups in total. The van der Waals surface area contributed by atoms with Gasteiger partial charge in [-0.2, -0.15) is 0 Å². The minimum absolute atomic E-state index is 0.00207. The van der Waals surface area contributed by atoms with Gasteiger partial charge < -0.3 is 15.3 Å². The number of alkyl halides is 1. The van der Waals surface area contributed by atoms with E-state index in [2.05, 4.69) is 5.32 Å². The van der Waals surface area contributed by atoms with Gasteiger partial charge in [0.05, 0.1) is 12.3 Å². The molecular weight excluding hydrogens is 319 g/mol. The maximum atomic E-state index is 12.6. The topological polar surface area (TPSA) is 52.6 Å². The van der Waals surface area contributed by atoms with Crippen LogP contribution in [0.15, 0.2) is 24.3 Å². The Balaban J connectivity index is 1.55. The number of nitrogens with one attached hydrogen (secondary N) is 1. The molecule has 4 nitrogen and oxygen atoms in total. The first-order chi connectivity index (χ1) is 11.9. The maximum Gasteiger partial charge on any atom is 0.318 e. The van der Waals surface area contributed by atoms with Crippen molar-refractivity contribution in [3.8, 4) is 0 Å². The zero-order valence-electron chi connectivity index (χ0n) is 15.2. The van der Waals surface area contributed by atoms with E-state index in [-0.39, 0.29) is 24.8 Å². The van der Waals surface area contributed by atoms with E-state index in [4.69, 9.17) is 0 Å².